The summed E-state index contributed by atoms with van der Waals surface area (Å²) in [7, 11) is -0.969. The number of aryl methyl sites for hydroxylation is 1. The third kappa shape index (κ3) is 4.90. The van der Waals surface area contributed by atoms with Crippen LogP contribution in [0.5, 0.6) is 0 Å². The van der Waals surface area contributed by atoms with Crippen molar-refractivity contribution < 1.29 is 27.1 Å². The van der Waals surface area contributed by atoms with E-state index in [0.717, 1.165) is 11.8 Å². The van der Waals surface area contributed by atoms with Crippen LogP contribution in [-0.4, -0.2) is 51.0 Å². The van der Waals surface area contributed by atoms with Gasteiger partial charge in [-0.1, -0.05) is 17.7 Å². The standard InChI is InChI=1S/C17H22N2O6S/c1-13-5-7-14(8-6-13)26(21,22)19(9-4-10-23-2)11-16-18-15(12-25-16)17(20)24-3/h5-8,12H,4,9-11H2,1-3H3. The number of carbonyl (C=O) groups excluding carboxylic acids is 1. The molecule has 26 heavy (non-hydrogen) atoms. The van der Waals surface area contributed by atoms with Crippen molar-refractivity contribution in [2.75, 3.05) is 27.4 Å². The molecular weight excluding hydrogens is 360 g/mol. The third-order valence-electron chi connectivity index (χ3n) is 3.67. The quantitative estimate of drug-likeness (QED) is 0.483. The molecular formula is C17H22N2O6S. The lowest BCUT2D eigenvalue weighted by molar-refractivity contribution is 0.0594. The summed E-state index contributed by atoms with van der Waals surface area (Å²) in [5.74, 6) is -0.536. The maximum atomic E-state index is 13.0. The predicted molar refractivity (Wildman–Crippen MR) is 93.1 cm³/mol. The third-order valence-corrected chi connectivity index (χ3v) is 5.53. The van der Waals surface area contributed by atoms with E-state index in [1.807, 2.05) is 6.92 Å². The molecule has 0 saturated carbocycles. The van der Waals surface area contributed by atoms with E-state index < -0.39 is 16.0 Å². The second-order valence-electron chi connectivity index (χ2n) is 5.62. The monoisotopic (exact) mass is 382 g/mol. The number of aromatic nitrogens is 1. The van der Waals surface area contributed by atoms with E-state index >= 15 is 0 Å². The van der Waals surface area contributed by atoms with Gasteiger partial charge < -0.3 is 13.9 Å². The molecule has 0 aliphatic heterocycles. The molecule has 0 aliphatic carbocycles. The van der Waals surface area contributed by atoms with Gasteiger partial charge in [0.25, 0.3) is 0 Å². The molecule has 0 unspecified atom stereocenters. The molecule has 0 aliphatic rings. The molecule has 0 saturated heterocycles. The van der Waals surface area contributed by atoms with Gasteiger partial charge in [-0.2, -0.15) is 4.31 Å². The lowest BCUT2D eigenvalue weighted by Crippen LogP contribution is -2.32. The van der Waals surface area contributed by atoms with Gasteiger partial charge in [0.1, 0.15) is 6.26 Å². The smallest absolute Gasteiger partial charge is 0.360 e. The lowest BCUT2D eigenvalue weighted by Gasteiger charge is -2.20. The highest BCUT2D eigenvalue weighted by atomic mass is 32.2. The van der Waals surface area contributed by atoms with Crippen LogP contribution < -0.4 is 0 Å². The first-order valence-electron chi connectivity index (χ1n) is 7.97. The Morgan fingerprint density at radius 3 is 2.54 bits per heavy atom. The average Bonchev–Trinajstić information content (AvgIpc) is 3.09. The van der Waals surface area contributed by atoms with Gasteiger partial charge in [-0.25, -0.2) is 18.2 Å². The highest BCUT2D eigenvalue weighted by Gasteiger charge is 2.26. The second-order valence-corrected chi connectivity index (χ2v) is 7.55. The summed E-state index contributed by atoms with van der Waals surface area (Å²) in [4.78, 5) is 15.7. The molecule has 0 fully saturated rings. The topological polar surface area (TPSA) is 98.9 Å². The predicted octanol–water partition coefficient (Wildman–Crippen LogP) is 2.00. The number of ether oxygens (including phenoxy) is 2. The van der Waals surface area contributed by atoms with E-state index in [-0.39, 0.29) is 29.6 Å². The van der Waals surface area contributed by atoms with Crippen molar-refractivity contribution in [2.45, 2.75) is 24.8 Å². The summed E-state index contributed by atoms with van der Waals surface area (Å²) in [6.45, 7) is 2.42. The highest BCUT2D eigenvalue weighted by molar-refractivity contribution is 7.89. The van der Waals surface area contributed by atoms with E-state index in [9.17, 15) is 13.2 Å². The van der Waals surface area contributed by atoms with Crippen LogP contribution in [0, 0.1) is 6.92 Å². The van der Waals surface area contributed by atoms with Gasteiger partial charge in [0, 0.05) is 20.3 Å². The minimum Gasteiger partial charge on any atom is -0.464 e. The Kier molecular flexibility index (Phi) is 6.90. The number of benzene rings is 1. The fourth-order valence-corrected chi connectivity index (χ4v) is 3.69. The number of rotatable bonds is 9. The Hall–Kier alpha value is -2.23. The normalized spacial score (nSPS) is 11.7. The Labute approximate surface area is 152 Å². The number of nitrogens with zero attached hydrogens (tertiary/aromatic N) is 2. The molecule has 0 amide bonds. The van der Waals surface area contributed by atoms with Gasteiger partial charge in [-0.15, -0.1) is 0 Å². The number of oxazole rings is 1. The first-order valence-corrected chi connectivity index (χ1v) is 9.41. The molecule has 0 N–H and O–H groups in total. The van der Waals surface area contributed by atoms with Crippen molar-refractivity contribution in [3.8, 4) is 0 Å². The molecule has 0 bridgehead atoms. The summed E-state index contributed by atoms with van der Waals surface area (Å²) in [6.07, 6.45) is 1.65. The first kappa shape index (κ1) is 20.1. The summed E-state index contributed by atoms with van der Waals surface area (Å²) >= 11 is 0. The summed E-state index contributed by atoms with van der Waals surface area (Å²) in [5.41, 5.74) is 0.956. The maximum Gasteiger partial charge on any atom is 0.360 e. The van der Waals surface area contributed by atoms with Crippen LogP contribution in [0.25, 0.3) is 0 Å². The zero-order valence-corrected chi connectivity index (χ0v) is 15.8. The molecule has 1 aromatic heterocycles. The van der Waals surface area contributed by atoms with Gasteiger partial charge in [-0.05, 0) is 25.5 Å². The van der Waals surface area contributed by atoms with E-state index in [2.05, 4.69) is 9.72 Å². The van der Waals surface area contributed by atoms with Gasteiger partial charge in [0.2, 0.25) is 15.9 Å². The molecule has 0 spiro atoms. The number of esters is 1. The van der Waals surface area contributed by atoms with Crippen molar-refractivity contribution in [1.82, 2.24) is 9.29 Å². The Morgan fingerprint density at radius 1 is 1.23 bits per heavy atom. The highest BCUT2D eigenvalue weighted by Crippen LogP contribution is 2.19. The number of hydrogen-bond acceptors (Lipinski definition) is 7. The zero-order chi connectivity index (χ0) is 19.2. The van der Waals surface area contributed by atoms with Crippen molar-refractivity contribution in [3.05, 3.63) is 47.7 Å². The molecule has 8 nitrogen and oxygen atoms in total. The SMILES string of the molecule is COCCCN(Cc1nc(C(=O)OC)co1)S(=O)(=O)c1ccc(C)cc1. The maximum absolute atomic E-state index is 13.0. The van der Waals surface area contributed by atoms with Crippen LogP contribution in [-0.2, 0) is 26.0 Å². The van der Waals surface area contributed by atoms with Crippen molar-refractivity contribution in [1.29, 1.82) is 0 Å². The lowest BCUT2D eigenvalue weighted by atomic mass is 10.2. The van der Waals surface area contributed by atoms with Crippen molar-refractivity contribution >= 4 is 16.0 Å². The number of sulfonamides is 1. The molecule has 2 aromatic rings. The zero-order valence-electron chi connectivity index (χ0n) is 15.0. The van der Waals surface area contributed by atoms with Crippen LogP contribution >= 0.6 is 0 Å². The minimum atomic E-state index is -3.75. The van der Waals surface area contributed by atoms with E-state index in [4.69, 9.17) is 9.15 Å². The van der Waals surface area contributed by atoms with Gasteiger partial charge in [0.05, 0.1) is 18.6 Å². The van der Waals surface area contributed by atoms with Crippen molar-refractivity contribution in [3.63, 3.8) is 0 Å². The van der Waals surface area contributed by atoms with Gasteiger partial charge >= 0.3 is 5.97 Å². The summed E-state index contributed by atoms with van der Waals surface area (Å²) in [5, 5.41) is 0. The van der Waals surface area contributed by atoms with E-state index in [1.165, 1.54) is 11.4 Å². The Bertz CT molecular complexity index is 829. The van der Waals surface area contributed by atoms with Crippen LogP contribution in [0.15, 0.2) is 39.8 Å². The molecule has 0 radical (unpaired) electrons. The molecule has 2 rings (SSSR count). The fraction of sp³-hybridized carbons (Fsp3) is 0.412. The number of hydrogen-bond donors (Lipinski definition) is 0. The van der Waals surface area contributed by atoms with E-state index in [0.29, 0.717) is 13.0 Å². The minimum absolute atomic E-state index is 0.00734. The Morgan fingerprint density at radius 2 is 1.92 bits per heavy atom. The summed E-state index contributed by atoms with van der Waals surface area (Å²) in [6, 6.07) is 6.59. The Balaban J connectivity index is 2.26. The first-order chi connectivity index (χ1) is 12.4. The largest absolute Gasteiger partial charge is 0.464 e. The fourth-order valence-electron chi connectivity index (χ4n) is 2.26. The van der Waals surface area contributed by atoms with Gasteiger partial charge in [-0.3, -0.25) is 0 Å². The molecule has 1 heterocycles. The molecule has 0 atom stereocenters. The van der Waals surface area contributed by atoms with Crippen LogP contribution in [0.2, 0.25) is 0 Å². The van der Waals surface area contributed by atoms with E-state index in [1.54, 1.807) is 31.4 Å². The number of carbonyl (C=O) groups is 1. The van der Waals surface area contributed by atoms with Crippen LogP contribution in [0.1, 0.15) is 28.4 Å². The van der Waals surface area contributed by atoms with Gasteiger partial charge in [0.15, 0.2) is 5.69 Å². The average molecular weight is 382 g/mol. The number of methoxy groups -OCH3 is 2. The second kappa shape index (κ2) is 8.93. The molecule has 142 valence electrons. The molecule has 9 heteroatoms. The molecule has 1 aromatic carbocycles. The summed E-state index contributed by atoms with van der Waals surface area (Å²) < 4.78 is 42.0. The van der Waals surface area contributed by atoms with Crippen molar-refractivity contribution in [2.24, 2.45) is 0 Å². The van der Waals surface area contributed by atoms with Crippen LogP contribution in [0.4, 0.5) is 0 Å². The van der Waals surface area contributed by atoms with Crippen LogP contribution in [0.3, 0.4) is 0 Å².